The standard InChI is InChI=1S/C17H18N4/c1-3-12(10-18)14-9-15-17(21-14)16(20-11(2)19-15)13-7-5-4-6-8-13/h4-10,12,18,21H,3H2,1-2H3. The third-order valence-electron chi connectivity index (χ3n) is 3.70. The molecule has 0 bridgehead atoms. The summed E-state index contributed by atoms with van der Waals surface area (Å²) in [6.45, 7) is 3.99. The van der Waals surface area contributed by atoms with Crippen molar-refractivity contribution in [1.29, 1.82) is 5.41 Å². The Labute approximate surface area is 123 Å². The molecule has 0 aliphatic carbocycles. The molecule has 0 fully saturated rings. The number of fused-ring (bicyclic) bond motifs is 1. The highest BCUT2D eigenvalue weighted by Gasteiger charge is 2.15. The number of aromatic amines is 1. The minimum atomic E-state index is 0.100. The third kappa shape index (κ3) is 2.44. The van der Waals surface area contributed by atoms with E-state index in [0.29, 0.717) is 0 Å². The van der Waals surface area contributed by atoms with E-state index in [9.17, 15) is 0 Å². The van der Waals surface area contributed by atoms with E-state index in [1.54, 1.807) is 0 Å². The smallest absolute Gasteiger partial charge is 0.126 e. The first-order valence-corrected chi connectivity index (χ1v) is 7.16. The highest BCUT2D eigenvalue weighted by Crippen LogP contribution is 2.28. The molecule has 4 heteroatoms. The maximum atomic E-state index is 7.55. The van der Waals surface area contributed by atoms with E-state index >= 15 is 0 Å². The van der Waals surface area contributed by atoms with Crippen LogP contribution in [0.4, 0.5) is 0 Å². The Morgan fingerprint density at radius 2 is 2.00 bits per heavy atom. The van der Waals surface area contributed by atoms with Crippen LogP contribution in [0.1, 0.15) is 30.8 Å². The van der Waals surface area contributed by atoms with Crippen LogP contribution in [-0.4, -0.2) is 21.2 Å². The second-order valence-corrected chi connectivity index (χ2v) is 5.15. The van der Waals surface area contributed by atoms with Gasteiger partial charge in [0.25, 0.3) is 0 Å². The summed E-state index contributed by atoms with van der Waals surface area (Å²) in [6, 6.07) is 12.2. The monoisotopic (exact) mass is 278 g/mol. The van der Waals surface area contributed by atoms with Crippen molar-refractivity contribution in [3.63, 3.8) is 0 Å². The SMILES string of the molecule is CCC(C=N)c1cc2nc(C)nc(-c3ccccc3)c2[nH]1. The van der Waals surface area contributed by atoms with Gasteiger partial charge in [-0.2, -0.15) is 0 Å². The molecule has 21 heavy (non-hydrogen) atoms. The zero-order valence-corrected chi connectivity index (χ0v) is 12.2. The normalized spacial score (nSPS) is 12.5. The molecular weight excluding hydrogens is 260 g/mol. The van der Waals surface area contributed by atoms with Gasteiger partial charge >= 0.3 is 0 Å². The zero-order valence-electron chi connectivity index (χ0n) is 12.2. The number of nitrogens with one attached hydrogen (secondary N) is 2. The molecule has 0 amide bonds. The van der Waals surface area contributed by atoms with Gasteiger partial charge in [0.1, 0.15) is 5.82 Å². The Kier molecular flexibility index (Phi) is 3.52. The highest BCUT2D eigenvalue weighted by atomic mass is 14.9. The number of hydrogen-bond acceptors (Lipinski definition) is 3. The number of aromatic nitrogens is 3. The van der Waals surface area contributed by atoms with Crippen LogP contribution < -0.4 is 0 Å². The number of hydrogen-bond donors (Lipinski definition) is 2. The van der Waals surface area contributed by atoms with Gasteiger partial charge in [0.05, 0.1) is 16.7 Å². The van der Waals surface area contributed by atoms with Crippen molar-refractivity contribution in [2.24, 2.45) is 0 Å². The summed E-state index contributed by atoms with van der Waals surface area (Å²) < 4.78 is 0. The van der Waals surface area contributed by atoms with Crippen molar-refractivity contribution >= 4 is 17.2 Å². The van der Waals surface area contributed by atoms with E-state index < -0.39 is 0 Å². The van der Waals surface area contributed by atoms with Crippen LogP contribution in [0.5, 0.6) is 0 Å². The van der Waals surface area contributed by atoms with Crippen molar-refractivity contribution in [3.8, 4) is 11.3 Å². The van der Waals surface area contributed by atoms with E-state index in [4.69, 9.17) is 5.41 Å². The predicted octanol–water partition coefficient (Wildman–Crippen LogP) is 4.08. The molecule has 0 saturated carbocycles. The highest BCUT2D eigenvalue weighted by molar-refractivity contribution is 5.90. The maximum absolute atomic E-state index is 7.55. The Bertz CT molecular complexity index is 774. The summed E-state index contributed by atoms with van der Waals surface area (Å²) in [5, 5.41) is 7.55. The molecule has 106 valence electrons. The van der Waals surface area contributed by atoms with Gasteiger partial charge in [0, 0.05) is 23.4 Å². The molecule has 2 N–H and O–H groups in total. The molecule has 2 heterocycles. The molecule has 1 aromatic carbocycles. The number of nitrogens with zero attached hydrogens (tertiary/aromatic N) is 2. The Balaban J connectivity index is 2.23. The average Bonchev–Trinajstić information content (AvgIpc) is 2.92. The maximum Gasteiger partial charge on any atom is 0.126 e. The zero-order chi connectivity index (χ0) is 14.8. The van der Waals surface area contributed by atoms with Gasteiger partial charge in [0.15, 0.2) is 0 Å². The van der Waals surface area contributed by atoms with E-state index in [1.165, 1.54) is 6.21 Å². The van der Waals surface area contributed by atoms with Crippen molar-refractivity contribution in [2.45, 2.75) is 26.2 Å². The van der Waals surface area contributed by atoms with Crippen molar-refractivity contribution < 1.29 is 0 Å². The first-order valence-electron chi connectivity index (χ1n) is 7.16. The predicted molar refractivity (Wildman–Crippen MR) is 85.9 cm³/mol. The van der Waals surface area contributed by atoms with Gasteiger partial charge in [-0.15, -0.1) is 0 Å². The lowest BCUT2D eigenvalue weighted by Crippen LogP contribution is -1.97. The van der Waals surface area contributed by atoms with Crippen LogP contribution in [-0.2, 0) is 0 Å². The first kappa shape index (κ1) is 13.5. The van der Waals surface area contributed by atoms with E-state index in [2.05, 4.69) is 34.0 Å². The van der Waals surface area contributed by atoms with Crippen LogP contribution in [0, 0.1) is 12.3 Å². The third-order valence-corrected chi connectivity index (χ3v) is 3.70. The second kappa shape index (κ2) is 5.48. The number of aryl methyl sites for hydroxylation is 1. The molecule has 0 aliphatic rings. The number of H-pyrrole nitrogens is 1. The van der Waals surface area contributed by atoms with Gasteiger partial charge < -0.3 is 10.4 Å². The summed E-state index contributed by atoms with van der Waals surface area (Å²) in [6.07, 6.45) is 2.37. The molecule has 0 radical (unpaired) electrons. The van der Waals surface area contributed by atoms with Crippen molar-refractivity contribution in [3.05, 3.63) is 47.9 Å². The Hall–Kier alpha value is -2.49. The summed E-state index contributed by atoms with van der Waals surface area (Å²) in [4.78, 5) is 12.5. The topological polar surface area (TPSA) is 65.4 Å². The van der Waals surface area contributed by atoms with E-state index in [-0.39, 0.29) is 5.92 Å². The molecule has 1 unspecified atom stereocenters. The molecule has 3 rings (SSSR count). The lowest BCUT2D eigenvalue weighted by molar-refractivity contribution is 0.832. The van der Waals surface area contributed by atoms with Gasteiger partial charge in [-0.05, 0) is 19.4 Å². The molecule has 0 saturated heterocycles. The van der Waals surface area contributed by atoms with Gasteiger partial charge in [-0.3, -0.25) is 0 Å². The summed E-state index contributed by atoms with van der Waals surface area (Å²) >= 11 is 0. The van der Waals surface area contributed by atoms with Crippen LogP contribution in [0.25, 0.3) is 22.3 Å². The van der Waals surface area contributed by atoms with Gasteiger partial charge in [0.2, 0.25) is 0 Å². The average molecular weight is 278 g/mol. The molecule has 3 aromatic rings. The van der Waals surface area contributed by atoms with E-state index in [0.717, 1.165) is 40.2 Å². The van der Waals surface area contributed by atoms with E-state index in [1.807, 2.05) is 31.2 Å². The van der Waals surface area contributed by atoms with Gasteiger partial charge in [-0.25, -0.2) is 9.97 Å². The first-order chi connectivity index (χ1) is 10.2. The molecule has 4 nitrogen and oxygen atoms in total. The summed E-state index contributed by atoms with van der Waals surface area (Å²) in [5.41, 5.74) is 4.88. The second-order valence-electron chi connectivity index (χ2n) is 5.15. The molecule has 0 aliphatic heterocycles. The molecular formula is C17H18N4. The molecule has 2 aromatic heterocycles. The number of benzene rings is 1. The fourth-order valence-electron chi connectivity index (χ4n) is 2.58. The van der Waals surface area contributed by atoms with Crippen molar-refractivity contribution in [1.82, 2.24) is 15.0 Å². The minimum Gasteiger partial charge on any atom is -0.355 e. The fraction of sp³-hybridized carbons (Fsp3) is 0.235. The number of rotatable bonds is 4. The van der Waals surface area contributed by atoms with Crippen LogP contribution >= 0.6 is 0 Å². The summed E-state index contributed by atoms with van der Waals surface area (Å²) in [7, 11) is 0. The van der Waals surface area contributed by atoms with Crippen LogP contribution in [0.15, 0.2) is 36.4 Å². The van der Waals surface area contributed by atoms with Crippen molar-refractivity contribution in [2.75, 3.05) is 0 Å². The van der Waals surface area contributed by atoms with Crippen LogP contribution in [0.3, 0.4) is 0 Å². The van der Waals surface area contributed by atoms with Gasteiger partial charge in [-0.1, -0.05) is 37.3 Å². The molecule has 0 spiro atoms. The fourth-order valence-corrected chi connectivity index (χ4v) is 2.58. The lowest BCUT2D eigenvalue weighted by Gasteiger charge is -2.05. The largest absolute Gasteiger partial charge is 0.355 e. The molecule has 1 atom stereocenters. The Morgan fingerprint density at radius 1 is 1.24 bits per heavy atom. The quantitative estimate of drug-likeness (QED) is 0.706. The lowest BCUT2D eigenvalue weighted by atomic mass is 10.0. The Morgan fingerprint density at radius 3 is 2.67 bits per heavy atom. The van der Waals surface area contributed by atoms with Crippen LogP contribution in [0.2, 0.25) is 0 Å². The summed E-state index contributed by atoms with van der Waals surface area (Å²) in [5.74, 6) is 0.859. The minimum absolute atomic E-state index is 0.100.